The highest BCUT2D eigenvalue weighted by atomic mass is 32.2. The molecule has 0 aliphatic heterocycles. The Hall–Kier alpha value is -2.78. The zero-order valence-corrected chi connectivity index (χ0v) is 19.6. The summed E-state index contributed by atoms with van der Waals surface area (Å²) >= 11 is 2.68. The molecule has 1 amide bonds. The molecule has 32 heavy (non-hydrogen) atoms. The van der Waals surface area contributed by atoms with Crippen molar-refractivity contribution >= 4 is 44.4 Å². The standard InChI is InChI=1S/C23H22F2N4OS2/c1-4-31-19-8-6-5-7-17(19)22(30)28(9-10-29-15(3)11-14(2)27-29)23-26-21-18(25)12-16(24)13-20(21)32-23/h5-8,11-13H,4,9-10H2,1-3H3. The Kier molecular flexibility index (Phi) is 6.57. The van der Waals surface area contributed by atoms with E-state index in [4.69, 9.17) is 0 Å². The molecule has 0 aliphatic carbocycles. The van der Waals surface area contributed by atoms with Crippen LogP contribution in [-0.4, -0.2) is 33.0 Å². The predicted molar refractivity (Wildman–Crippen MR) is 126 cm³/mol. The van der Waals surface area contributed by atoms with Gasteiger partial charge in [-0.05, 0) is 43.9 Å². The molecular weight excluding hydrogens is 450 g/mol. The lowest BCUT2D eigenvalue weighted by molar-refractivity contribution is 0.0983. The molecule has 0 spiro atoms. The molecule has 0 fully saturated rings. The molecule has 0 radical (unpaired) electrons. The van der Waals surface area contributed by atoms with Gasteiger partial charge in [0.2, 0.25) is 0 Å². The average Bonchev–Trinajstić information content (AvgIpc) is 3.31. The Morgan fingerprint density at radius 2 is 1.97 bits per heavy atom. The minimum Gasteiger partial charge on any atom is -0.282 e. The molecule has 0 unspecified atom stereocenters. The van der Waals surface area contributed by atoms with Crippen LogP contribution in [0.1, 0.15) is 28.7 Å². The summed E-state index contributed by atoms with van der Waals surface area (Å²) in [5, 5.41) is 4.80. The van der Waals surface area contributed by atoms with E-state index in [1.165, 1.54) is 11.0 Å². The Bertz CT molecular complexity index is 1280. The summed E-state index contributed by atoms with van der Waals surface area (Å²) in [6, 6.07) is 11.4. The van der Waals surface area contributed by atoms with Gasteiger partial charge in [0, 0.05) is 23.2 Å². The van der Waals surface area contributed by atoms with Crippen molar-refractivity contribution in [1.82, 2.24) is 14.8 Å². The van der Waals surface area contributed by atoms with Gasteiger partial charge in [-0.1, -0.05) is 30.4 Å². The van der Waals surface area contributed by atoms with E-state index in [1.54, 1.807) is 17.8 Å². The summed E-state index contributed by atoms with van der Waals surface area (Å²) in [5.74, 6) is -0.824. The lowest BCUT2D eigenvalue weighted by atomic mass is 10.2. The molecule has 0 saturated carbocycles. The van der Waals surface area contributed by atoms with Crippen molar-refractivity contribution in [2.45, 2.75) is 32.2 Å². The summed E-state index contributed by atoms with van der Waals surface area (Å²) < 4.78 is 30.2. The minimum atomic E-state index is -0.740. The number of benzene rings is 2. The Morgan fingerprint density at radius 3 is 2.69 bits per heavy atom. The zero-order chi connectivity index (χ0) is 22.8. The molecule has 2 heterocycles. The molecule has 2 aromatic carbocycles. The van der Waals surface area contributed by atoms with Gasteiger partial charge in [0.05, 0.1) is 22.5 Å². The maximum atomic E-state index is 14.3. The van der Waals surface area contributed by atoms with Crippen molar-refractivity contribution in [2.75, 3.05) is 17.2 Å². The van der Waals surface area contributed by atoms with Crippen molar-refractivity contribution < 1.29 is 13.6 Å². The quantitative estimate of drug-likeness (QED) is 0.317. The average molecular weight is 473 g/mol. The summed E-state index contributed by atoms with van der Waals surface area (Å²) in [4.78, 5) is 20.4. The number of aromatic nitrogens is 3. The topological polar surface area (TPSA) is 51.0 Å². The lowest BCUT2D eigenvalue weighted by Gasteiger charge is -2.21. The number of aryl methyl sites for hydroxylation is 2. The molecule has 5 nitrogen and oxygen atoms in total. The molecule has 0 aliphatic rings. The Morgan fingerprint density at radius 1 is 1.19 bits per heavy atom. The van der Waals surface area contributed by atoms with Crippen LogP contribution in [0.25, 0.3) is 10.2 Å². The molecule has 9 heteroatoms. The third-order valence-corrected chi connectivity index (χ3v) is 6.92. The minimum absolute atomic E-state index is 0.0616. The zero-order valence-electron chi connectivity index (χ0n) is 17.9. The number of rotatable bonds is 7. The smallest absolute Gasteiger partial charge is 0.261 e. The molecular formula is C23H22F2N4OS2. The van der Waals surface area contributed by atoms with Gasteiger partial charge < -0.3 is 0 Å². The van der Waals surface area contributed by atoms with E-state index >= 15 is 0 Å². The van der Waals surface area contributed by atoms with Crippen LogP contribution in [0, 0.1) is 25.5 Å². The highest BCUT2D eigenvalue weighted by Crippen LogP contribution is 2.33. The number of hydrogen-bond acceptors (Lipinski definition) is 5. The SMILES string of the molecule is CCSc1ccccc1C(=O)N(CCn1nc(C)cc1C)c1nc2c(F)cc(F)cc2s1. The molecule has 2 aromatic heterocycles. The van der Waals surface area contributed by atoms with Crippen molar-refractivity contribution in [2.24, 2.45) is 0 Å². The summed E-state index contributed by atoms with van der Waals surface area (Å²) in [6.07, 6.45) is 0. The van der Waals surface area contributed by atoms with Crippen molar-refractivity contribution in [3.05, 3.63) is 71.1 Å². The van der Waals surface area contributed by atoms with Gasteiger partial charge in [-0.2, -0.15) is 5.10 Å². The maximum absolute atomic E-state index is 14.3. The molecule has 0 N–H and O–H groups in total. The van der Waals surface area contributed by atoms with Gasteiger partial charge in [0.25, 0.3) is 5.91 Å². The van der Waals surface area contributed by atoms with Crippen LogP contribution in [0.5, 0.6) is 0 Å². The molecule has 0 bridgehead atoms. The van der Waals surface area contributed by atoms with Crippen LogP contribution in [-0.2, 0) is 6.54 Å². The second-order valence-electron chi connectivity index (χ2n) is 7.27. The first-order chi connectivity index (χ1) is 15.4. The van der Waals surface area contributed by atoms with E-state index in [-0.39, 0.29) is 18.0 Å². The number of carbonyl (C=O) groups is 1. The third-order valence-electron chi connectivity index (χ3n) is 4.93. The molecule has 4 aromatic rings. The second kappa shape index (κ2) is 9.38. The number of nitrogens with zero attached hydrogens (tertiary/aromatic N) is 4. The normalized spacial score (nSPS) is 11.3. The second-order valence-corrected chi connectivity index (χ2v) is 9.58. The number of amides is 1. The fourth-order valence-corrected chi connectivity index (χ4v) is 5.34. The van der Waals surface area contributed by atoms with Crippen LogP contribution in [0.4, 0.5) is 13.9 Å². The fourth-order valence-electron chi connectivity index (χ4n) is 3.51. The number of anilines is 1. The van der Waals surface area contributed by atoms with E-state index < -0.39 is 11.6 Å². The number of thiazole rings is 1. The fraction of sp³-hybridized carbons (Fsp3) is 0.261. The van der Waals surface area contributed by atoms with Crippen LogP contribution in [0.2, 0.25) is 0 Å². The monoisotopic (exact) mass is 472 g/mol. The number of hydrogen-bond donors (Lipinski definition) is 0. The third kappa shape index (κ3) is 4.54. The van der Waals surface area contributed by atoms with E-state index in [0.29, 0.717) is 21.9 Å². The van der Waals surface area contributed by atoms with E-state index in [1.807, 2.05) is 49.7 Å². The highest BCUT2D eigenvalue weighted by molar-refractivity contribution is 7.99. The first-order valence-corrected chi connectivity index (χ1v) is 12.0. The van der Waals surface area contributed by atoms with Crippen molar-refractivity contribution in [1.29, 1.82) is 0 Å². The van der Waals surface area contributed by atoms with Gasteiger partial charge in [-0.3, -0.25) is 14.4 Å². The largest absolute Gasteiger partial charge is 0.282 e. The van der Waals surface area contributed by atoms with Crippen LogP contribution < -0.4 is 4.90 Å². The summed E-state index contributed by atoms with van der Waals surface area (Å²) in [5.41, 5.74) is 2.49. The van der Waals surface area contributed by atoms with Crippen LogP contribution in [0.3, 0.4) is 0 Å². The van der Waals surface area contributed by atoms with E-state index in [9.17, 15) is 13.6 Å². The molecule has 0 saturated heterocycles. The number of carbonyl (C=O) groups excluding carboxylic acids is 1. The van der Waals surface area contributed by atoms with Gasteiger partial charge in [0.15, 0.2) is 10.9 Å². The van der Waals surface area contributed by atoms with Crippen LogP contribution >= 0.6 is 23.1 Å². The van der Waals surface area contributed by atoms with E-state index in [2.05, 4.69) is 10.1 Å². The first kappa shape index (κ1) is 22.4. The molecule has 4 rings (SSSR count). The van der Waals surface area contributed by atoms with Crippen molar-refractivity contribution in [3.63, 3.8) is 0 Å². The summed E-state index contributed by atoms with van der Waals surface area (Å²) in [6.45, 7) is 6.62. The lowest BCUT2D eigenvalue weighted by Crippen LogP contribution is -2.34. The first-order valence-electron chi connectivity index (χ1n) is 10.2. The predicted octanol–water partition coefficient (Wildman–Crippen LogP) is 5.85. The Labute approximate surface area is 193 Å². The molecule has 166 valence electrons. The highest BCUT2D eigenvalue weighted by Gasteiger charge is 2.24. The maximum Gasteiger partial charge on any atom is 0.261 e. The van der Waals surface area contributed by atoms with Gasteiger partial charge in [0.1, 0.15) is 11.3 Å². The van der Waals surface area contributed by atoms with Gasteiger partial charge in [-0.15, -0.1) is 11.8 Å². The van der Waals surface area contributed by atoms with Crippen molar-refractivity contribution in [3.8, 4) is 0 Å². The van der Waals surface area contributed by atoms with Gasteiger partial charge in [-0.25, -0.2) is 13.8 Å². The summed E-state index contributed by atoms with van der Waals surface area (Å²) in [7, 11) is 0. The number of thioether (sulfide) groups is 1. The van der Waals surface area contributed by atoms with Crippen LogP contribution in [0.15, 0.2) is 47.4 Å². The van der Waals surface area contributed by atoms with Gasteiger partial charge >= 0.3 is 0 Å². The molecule has 0 atom stereocenters. The number of halogens is 2. The Balaban J connectivity index is 1.75. The number of fused-ring (bicyclic) bond motifs is 1. The van der Waals surface area contributed by atoms with E-state index in [0.717, 1.165) is 39.4 Å².